The van der Waals surface area contributed by atoms with Crippen molar-refractivity contribution in [3.05, 3.63) is 107 Å². The molecule has 0 spiro atoms. The van der Waals surface area contributed by atoms with Gasteiger partial charge in [0.15, 0.2) is 0 Å². The molecule has 0 saturated carbocycles. The van der Waals surface area contributed by atoms with Gasteiger partial charge in [0.05, 0.1) is 11.4 Å². The fraction of sp³-hybridized carbons (Fsp3) is 0.185. The van der Waals surface area contributed by atoms with Crippen molar-refractivity contribution in [2.45, 2.75) is 26.8 Å². The first-order valence-corrected chi connectivity index (χ1v) is 10.8. The van der Waals surface area contributed by atoms with E-state index in [0.29, 0.717) is 30.0 Å². The second-order valence-electron chi connectivity index (χ2n) is 8.34. The third kappa shape index (κ3) is 3.60. The van der Waals surface area contributed by atoms with Gasteiger partial charge in [-0.05, 0) is 66.8 Å². The Bertz CT molecular complexity index is 1320. The van der Waals surface area contributed by atoms with Crippen molar-refractivity contribution in [1.29, 1.82) is 0 Å². The van der Waals surface area contributed by atoms with Crippen LogP contribution in [0.2, 0.25) is 0 Å². The normalized spacial score (nSPS) is 13.2. The van der Waals surface area contributed by atoms with Gasteiger partial charge < -0.3 is 4.90 Å². The van der Waals surface area contributed by atoms with Gasteiger partial charge in [0.25, 0.3) is 5.91 Å². The van der Waals surface area contributed by atoms with Crippen molar-refractivity contribution in [2.75, 3.05) is 6.54 Å². The summed E-state index contributed by atoms with van der Waals surface area (Å²) < 4.78 is 16.2. The van der Waals surface area contributed by atoms with Crippen LogP contribution in [0, 0.1) is 19.7 Å². The van der Waals surface area contributed by atoms with Crippen LogP contribution in [-0.4, -0.2) is 27.1 Å². The van der Waals surface area contributed by atoms with Crippen LogP contribution < -0.4 is 0 Å². The van der Waals surface area contributed by atoms with Crippen molar-refractivity contribution in [1.82, 2.24) is 14.7 Å². The van der Waals surface area contributed by atoms with E-state index in [1.807, 2.05) is 49.1 Å². The molecule has 4 nitrogen and oxygen atoms in total. The Morgan fingerprint density at radius 2 is 1.69 bits per heavy atom. The van der Waals surface area contributed by atoms with Crippen molar-refractivity contribution in [3.8, 4) is 16.9 Å². The summed E-state index contributed by atoms with van der Waals surface area (Å²) in [6.45, 7) is 5.20. The van der Waals surface area contributed by atoms with Gasteiger partial charge in [0.2, 0.25) is 0 Å². The highest BCUT2D eigenvalue weighted by Gasteiger charge is 2.27. The predicted octanol–water partition coefficient (Wildman–Crippen LogP) is 5.49. The van der Waals surface area contributed by atoms with E-state index < -0.39 is 0 Å². The maximum absolute atomic E-state index is 14.5. The molecular weight excluding hydrogens is 401 g/mol. The Hall–Kier alpha value is -3.73. The van der Waals surface area contributed by atoms with Crippen LogP contribution in [-0.2, 0) is 13.0 Å². The van der Waals surface area contributed by atoms with E-state index in [4.69, 9.17) is 5.10 Å². The molecule has 4 aromatic rings. The number of aromatic nitrogens is 2. The Morgan fingerprint density at radius 1 is 0.938 bits per heavy atom. The highest BCUT2D eigenvalue weighted by molar-refractivity contribution is 5.94. The van der Waals surface area contributed by atoms with Crippen LogP contribution in [0.5, 0.6) is 0 Å². The number of hydrogen-bond acceptors (Lipinski definition) is 2. The maximum Gasteiger partial charge on any atom is 0.272 e. The van der Waals surface area contributed by atoms with Crippen LogP contribution in [0.1, 0.15) is 32.7 Å². The monoisotopic (exact) mass is 425 g/mol. The highest BCUT2D eigenvalue weighted by Crippen LogP contribution is 2.28. The molecule has 1 amide bonds. The molecule has 0 bridgehead atoms. The zero-order valence-electron chi connectivity index (χ0n) is 18.2. The highest BCUT2D eigenvalue weighted by atomic mass is 19.1. The molecule has 5 rings (SSSR count). The van der Waals surface area contributed by atoms with Gasteiger partial charge in [0, 0.05) is 18.7 Å². The number of carbonyl (C=O) groups excluding carboxylic acids is 1. The van der Waals surface area contributed by atoms with Gasteiger partial charge in [-0.1, -0.05) is 48.5 Å². The summed E-state index contributed by atoms with van der Waals surface area (Å²) in [6, 6.07) is 22.5. The standard InChI is InChI=1S/C27H24FN3O/c1-18-11-12-19(2)25(15-18)31-26(16-24(29-31)22-9-5-6-10-23(22)28)27(32)30-14-13-20-7-3-4-8-21(20)17-30/h3-12,15-16H,13-14,17H2,1-2H3. The molecule has 0 N–H and O–H groups in total. The molecule has 1 aliphatic heterocycles. The fourth-order valence-corrected chi connectivity index (χ4v) is 4.30. The minimum Gasteiger partial charge on any atom is -0.333 e. The zero-order valence-corrected chi connectivity index (χ0v) is 18.2. The number of nitrogens with zero attached hydrogens (tertiary/aromatic N) is 3. The average Bonchev–Trinajstić information content (AvgIpc) is 3.25. The predicted molar refractivity (Wildman–Crippen MR) is 123 cm³/mol. The summed E-state index contributed by atoms with van der Waals surface area (Å²) in [4.78, 5) is 15.6. The molecule has 3 aromatic carbocycles. The van der Waals surface area contributed by atoms with E-state index in [1.165, 1.54) is 17.2 Å². The summed E-state index contributed by atoms with van der Waals surface area (Å²) in [5.74, 6) is -0.459. The summed E-state index contributed by atoms with van der Waals surface area (Å²) in [6.07, 6.45) is 0.819. The fourth-order valence-electron chi connectivity index (χ4n) is 4.30. The first-order chi connectivity index (χ1) is 15.5. The molecule has 160 valence electrons. The van der Waals surface area contributed by atoms with Gasteiger partial charge in [-0.2, -0.15) is 5.10 Å². The number of fused-ring (bicyclic) bond motifs is 1. The van der Waals surface area contributed by atoms with E-state index in [-0.39, 0.29) is 11.7 Å². The number of aryl methyl sites for hydroxylation is 2. The quantitative estimate of drug-likeness (QED) is 0.435. The van der Waals surface area contributed by atoms with Crippen molar-refractivity contribution in [3.63, 3.8) is 0 Å². The maximum atomic E-state index is 14.5. The molecule has 0 radical (unpaired) electrons. The average molecular weight is 426 g/mol. The van der Waals surface area contributed by atoms with Crippen LogP contribution in [0.4, 0.5) is 4.39 Å². The lowest BCUT2D eigenvalue weighted by atomic mass is 9.99. The molecule has 0 fully saturated rings. The van der Waals surface area contributed by atoms with Crippen molar-refractivity contribution in [2.24, 2.45) is 0 Å². The van der Waals surface area contributed by atoms with Crippen LogP contribution in [0.25, 0.3) is 16.9 Å². The van der Waals surface area contributed by atoms with Gasteiger partial charge in [-0.3, -0.25) is 4.79 Å². The third-order valence-electron chi connectivity index (χ3n) is 6.09. The number of benzene rings is 3. The number of carbonyl (C=O) groups is 1. The van der Waals surface area contributed by atoms with Gasteiger partial charge in [-0.15, -0.1) is 0 Å². The summed E-state index contributed by atoms with van der Waals surface area (Å²) in [5, 5.41) is 4.70. The van der Waals surface area contributed by atoms with E-state index in [2.05, 4.69) is 12.1 Å². The number of rotatable bonds is 3. The molecule has 0 atom stereocenters. The SMILES string of the molecule is Cc1ccc(C)c(-n2nc(-c3ccccc3F)cc2C(=O)N2CCc3ccccc3C2)c1. The van der Waals surface area contributed by atoms with Crippen molar-refractivity contribution >= 4 is 5.91 Å². The zero-order chi connectivity index (χ0) is 22.2. The molecule has 1 aliphatic rings. The smallest absolute Gasteiger partial charge is 0.272 e. The number of amides is 1. The molecule has 1 aromatic heterocycles. The largest absolute Gasteiger partial charge is 0.333 e. The van der Waals surface area contributed by atoms with E-state index in [1.54, 1.807) is 28.9 Å². The van der Waals surface area contributed by atoms with E-state index in [9.17, 15) is 9.18 Å². The van der Waals surface area contributed by atoms with E-state index >= 15 is 0 Å². The first kappa shape index (κ1) is 20.2. The Balaban J connectivity index is 1.61. The molecule has 0 unspecified atom stereocenters. The lowest BCUT2D eigenvalue weighted by Crippen LogP contribution is -2.37. The minimum absolute atomic E-state index is 0.101. The van der Waals surface area contributed by atoms with Crippen LogP contribution >= 0.6 is 0 Å². The molecule has 2 heterocycles. The second kappa shape index (κ2) is 8.08. The Kier molecular flexibility index (Phi) is 5.10. The number of halogens is 1. The van der Waals surface area contributed by atoms with Crippen molar-refractivity contribution < 1.29 is 9.18 Å². The summed E-state index contributed by atoms with van der Waals surface area (Å²) in [7, 11) is 0. The van der Waals surface area contributed by atoms with Gasteiger partial charge in [-0.25, -0.2) is 9.07 Å². The molecule has 0 aliphatic carbocycles. The number of hydrogen-bond donors (Lipinski definition) is 0. The van der Waals surface area contributed by atoms with Crippen LogP contribution in [0.15, 0.2) is 72.8 Å². The first-order valence-electron chi connectivity index (χ1n) is 10.8. The summed E-state index contributed by atoms with van der Waals surface area (Å²) in [5.41, 5.74) is 6.62. The lowest BCUT2D eigenvalue weighted by molar-refractivity contribution is 0.0725. The Morgan fingerprint density at radius 3 is 2.50 bits per heavy atom. The lowest BCUT2D eigenvalue weighted by Gasteiger charge is -2.29. The minimum atomic E-state index is -0.357. The third-order valence-corrected chi connectivity index (χ3v) is 6.09. The van der Waals surface area contributed by atoms with Gasteiger partial charge in [0.1, 0.15) is 11.5 Å². The molecule has 32 heavy (non-hydrogen) atoms. The summed E-state index contributed by atoms with van der Waals surface area (Å²) >= 11 is 0. The van der Waals surface area contributed by atoms with Gasteiger partial charge >= 0.3 is 0 Å². The van der Waals surface area contributed by atoms with E-state index in [0.717, 1.165) is 23.2 Å². The molecule has 0 saturated heterocycles. The Labute approximate surface area is 186 Å². The van der Waals surface area contributed by atoms with Crippen LogP contribution in [0.3, 0.4) is 0 Å². The topological polar surface area (TPSA) is 38.1 Å². The molecule has 5 heteroatoms. The molecular formula is C27H24FN3O. The second-order valence-corrected chi connectivity index (χ2v) is 8.34.